The second kappa shape index (κ2) is 5.61. The van der Waals surface area contributed by atoms with Crippen molar-refractivity contribution in [1.29, 1.82) is 0 Å². The lowest BCUT2D eigenvalue weighted by molar-refractivity contribution is -0.385. The van der Waals surface area contributed by atoms with E-state index in [9.17, 15) is 10.1 Å². The highest BCUT2D eigenvalue weighted by Gasteiger charge is 2.24. The summed E-state index contributed by atoms with van der Waals surface area (Å²) in [6.45, 7) is 6.60. The van der Waals surface area contributed by atoms with E-state index < -0.39 is 4.92 Å². The van der Waals surface area contributed by atoms with E-state index >= 15 is 0 Å². The van der Waals surface area contributed by atoms with Gasteiger partial charge in [0, 0.05) is 7.05 Å². The Labute approximate surface area is 106 Å². The third-order valence-corrected chi connectivity index (χ3v) is 2.30. The van der Waals surface area contributed by atoms with E-state index in [-0.39, 0.29) is 22.8 Å². The van der Waals surface area contributed by atoms with Gasteiger partial charge < -0.3 is 10.1 Å². The molecule has 1 aromatic heterocycles. The zero-order valence-electron chi connectivity index (χ0n) is 11.1. The Bertz CT molecular complexity index is 429. The molecule has 0 atom stereocenters. The minimum absolute atomic E-state index is 0.00333. The molecule has 1 aromatic rings. The van der Waals surface area contributed by atoms with Crippen LogP contribution < -0.4 is 10.1 Å². The monoisotopic (exact) mass is 254 g/mol. The number of aromatic nitrogens is 2. The van der Waals surface area contributed by atoms with Crippen LogP contribution in [0.25, 0.3) is 0 Å². The molecule has 0 aliphatic heterocycles. The number of nitrogens with zero attached hydrogens (tertiary/aromatic N) is 3. The maximum Gasteiger partial charge on any atom is 0.372 e. The van der Waals surface area contributed by atoms with E-state index in [0.717, 1.165) is 6.42 Å². The highest BCUT2D eigenvalue weighted by molar-refractivity contribution is 5.60. The Morgan fingerprint density at radius 3 is 2.61 bits per heavy atom. The fraction of sp³-hybridized carbons (Fsp3) is 0.636. The molecule has 0 unspecified atom stereocenters. The van der Waals surface area contributed by atoms with E-state index in [4.69, 9.17) is 4.74 Å². The zero-order chi connectivity index (χ0) is 13.8. The summed E-state index contributed by atoms with van der Waals surface area (Å²) in [7, 11) is 1.56. The Hall–Kier alpha value is -1.92. The van der Waals surface area contributed by atoms with Crippen molar-refractivity contribution in [2.45, 2.75) is 27.2 Å². The predicted octanol–water partition coefficient (Wildman–Crippen LogP) is 2.24. The molecule has 100 valence electrons. The van der Waals surface area contributed by atoms with Gasteiger partial charge in [0.1, 0.15) is 6.33 Å². The molecule has 1 heterocycles. The molecule has 0 amide bonds. The third-order valence-electron chi connectivity index (χ3n) is 2.30. The number of anilines is 1. The first-order valence-corrected chi connectivity index (χ1v) is 5.65. The third kappa shape index (κ3) is 3.83. The van der Waals surface area contributed by atoms with Crippen molar-refractivity contribution in [3.05, 3.63) is 16.4 Å². The van der Waals surface area contributed by atoms with Gasteiger partial charge in [-0.1, -0.05) is 20.8 Å². The van der Waals surface area contributed by atoms with Crippen molar-refractivity contribution in [3.63, 3.8) is 0 Å². The topological polar surface area (TPSA) is 90.2 Å². The van der Waals surface area contributed by atoms with Crippen LogP contribution in [-0.4, -0.2) is 28.5 Å². The van der Waals surface area contributed by atoms with Gasteiger partial charge in [-0.25, -0.2) is 4.98 Å². The summed E-state index contributed by atoms with van der Waals surface area (Å²) in [6.07, 6.45) is 2.02. The van der Waals surface area contributed by atoms with Crippen LogP contribution in [0.4, 0.5) is 11.5 Å². The second-order valence-electron chi connectivity index (χ2n) is 5.04. The first-order chi connectivity index (χ1) is 8.35. The highest BCUT2D eigenvalue weighted by Crippen LogP contribution is 2.30. The van der Waals surface area contributed by atoms with E-state index in [1.165, 1.54) is 6.33 Å². The highest BCUT2D eigenvalue weighted by atomic mass is 16.6. The molecule has 0 fully saturated rings. The van der Waals surface area contributed by atoms with Crippen molar-refractivity contribution in [2.75, 3.05) is 19.0 Å². The Morgan fingerprint density at radius 1 is 1.44 bits per heavy atom. The molecule has 0 bridgehead atoms. The van der Waals surface area contributed by atoms with Gasteiger partial charge in [-0.2, -0.15) is 4.98 Å². The predicted molar refractivity (Wildman–Crippen MR) is 67.8 cm³/mol. The average Bonchev–Trinajstić information content (AvgIpc) is 2.26. The van der Waals surface area contributed by atoms with Crippen LogP contribution in [0, 0.1) is 15.5 Å². The van der Waals surface area contributed by atoms with Gasteiger partial charge in [-0.3, -0.25) is 10.1 Å². The molecular formula is C11H18N4O3. The molecule has 0 spiro atoms. The summed E-state index contributed by atoms with van der Waals surface area (Å²) in [5.41, 5.74) is -0.123. The van der Waals surface area contributed by atoms with E-state index in [1.54, 1.807) is 7.05 Å². The molecule has 0 saturated carbocycles. The van der Waals surface area contributed by atoms with Gasteiger partial charge in [-0.05, 0) is 11.8 Å². The van der Waals surface area contributed by atoms with Crippen molar-refractivity contribution in [1.82, 2.24) is 9.97 Å². The molecule has 0 radical (unpaired) electrons. The molecule has 0 aromatic carbocycles. The van der Waals surface area contributed by atoms with Gasteiger partial charge in [-0.15, -0.1) is 0 Å². The van der Waals surface area contributed by atoms with Gasteiger partial charge in [0.15, 0.2) is 0 Å². The Kier molecular flexibility index (Phi) is 4.41. The normalized spacial score (nSPS) is 11.1. The number of hydrogen-bond donors (Lipinski definition) is 1. The number of rotatable bonds is 5. The minimum atomic E-state index is -0.543. The molecule has 1 rings (SSSR count). The molecular weight excluding hydrogens is 236 g/mol. The van der Waals surface area contributed by atoms with Crippen LogP contribution in [0.15, 0.2) is 6.33 Å². The van der Waals surface area contributed by atoms with Crippen LogP contribution >= 0.6 is 0 Å². The maximum atomic E-state index is 11.0. The van der Waals surface area contributed by atoms with Crippen molar-refractivity contribution >= 4 is 11.5 Å². The lowest BCUT2D eigenvalue weighted by Gasteiger charge is -2.17. The van der Waals surface area contributed by atoms with Crippen LogP contribution in [0.1, 0.15) is 27.2 Å². The molecule has 18 heavy (non-hydrogen) atoms. The number of nitrogens with one attached hydrogen (secondary N) is 1. The van der Waals surface area contributed by atoms with Gasteiger partial charge in [0.2, 0.25) is 5.82 Å². The fourth-order valence-electron chi connectivity index (χ4n) is 1.27. The van der Waals surface area contributed by atoms with Crippen molar-refractivity contribution in [2.24, 2.45) is 5.41 Å². The zero-order valence-corrected chi connectivity index (χ0v) is 11.1. The summed E-state index contributed by atoms with van der Waals surface area (Å²) >= 11 is 0. The Morgan fingerprint density at radius 2 is 2.11 bits per heavy atom. The van der Waals surface area contributed by atoms with E-state index in [0.29, 0.717) is 6.61 Å². The molecule has 0 aliphatic carbocycles. The largest absolute Gasteiger partial charge is 0.473 e. The van der Waals surface area contributed by atoms with Crippen molar-refractivity contribution in [3.8, 4) is 5.88 Å². The number of hydrogen-bond acceptors (Lipinski definition) is 6. The Balaban J connectivity index is 2.85. The molecule has 7 heteroatoms. The summed E-state index contributed by atoms with van der Waals surface area (Å²) in [4.78, 5) is 18.0. The van der Waals surface area contributed by atoms with Crippen LogP contribution in [0.3, 0.4) is 0 Å². The molecule has 7 nitrogen and oxygen atoms in total. The van der Waals surface area contributed by atoms with Gasteiger partial charge in [0.05, 0.1) is 11.5 Å². The van der Waals surface area contributed by atoms with Crippen LogP contribution in [0.2, 0.25) is 0 Å². The van der Waals surface area contributed by atoms with E-state index in [1.807, 2.05) is 0 Å². The van der Waals surface area contributed by atoms with E-state index in [2.05, 4.69) is 36.1 Å². The number of nitro groups is 1. The minimum Gasteiger partial charge on any atom is -0.473 e. The maximum absolute atomic E-state index is 11.0. The summed E-state index contributed by atoms with van der Waals surface area (Å²) < 4.78 is 5.38. The van der Waals surface area contributed by atoms with Crippen LogP contribution in [-0.2, 0) is 0 Å². The summed E-state index contributed by atoms with van der Waals surface area (Å²) in [5, 5.41) is 13.6. The van der Waals surface area contributed by atoms with Gasteiger partial charge in [0.25, 0.3) is 5.88 Å². The first kappa shape index (κ1) is 14.1. The SMILES string of the molecule is CNc1ncnc(OCCC(C)(C)C)c1[N+](=O)[O-]. The second-order valence-corrected chi connectivity index (χ2v) is 5.04. The lowest BCUT2D eigenvalue weighted by Crippen LogP contribution is -2.13. The summed E-state index contributed by atoms with van der Waals surface area (Å²) in [5.74, 6) is 0.157. The standard InChI is InChI=1S/C11H18N4O3/c1-11(2,3)5-6-18-10-8(15(16)17)9(12-4)13-7-14-10/h7H,5-6H2,1-4H3,(H,12,13,14). The first-order valence-electron chi connectivity index (χ1n) is 5.65. The lowest BCUT2D eigenvalue weighted by atomic mass is 9.93. The van der Waals surface area contributed by atoms with Crippen LogP contribution in [0.5, 0.6) is 5.88 Å². The summed E-state index contributed by atoms with van der Waals surface area (Å²) in [6, 6.07) is 0. The molecule has 0 aliphatic rings. The number of ether oxygens (including phenoxy) is 1. The molecule has 0 saturated heterocycles. The molecule has 1 N–H and O–H groups in total. The van der Waals surface area contributed by atoms with Gasteiger partial charge >= 0.3 is 5.69 Å². The average molecular weight is 254 g/mol. The fourth-order valence-corrected chi connectivity index (χ4v) is 1.27. The quantitative estimate of drug-likeness (QED) is 0.640. The smallest absolute Gasteiger partial charge is 0.372 e. The van der Waals surface area contributed by atoms with Crippen molar-refractivity contribution < 1.29 is 9.66 Å².